The number of hydrogen-bond donors (Lipinski definition) is 2. The molecule has 2 aromatic heterocycles. The molecule has 3 N–H and O–H groups in total. The van der Waals surface area contributed by atoms with Gasteiger partial charge in [-0.2, -0.15) is 5.10 Å². The predicted octanol–water partition coefficient (Wildman–Crippen LogP) is 0.0553. The number of rotatable bonds is 3. The van der Waals surface area contributed by atoms with E-state index in [4.69, 9.17) is 5.73 Å². The Morgan fingerprint density at radius 1 is 1.45 bits per heavy atom. The summed E-state index contributed by atoms with van der Waals surface area (Å²) in [4.78, 5) is 16.0. The average molecular weight is 269 g/mol. The van der Waals surface area contributed by atoms with Crippen molar-refractivity contribution in [2.24, 2.45) is 12.8 Å². The third kappa shape index (κ3) is 3.67. The van der Waals surface area contributed by atoms with Crippen LogP contribution in [0.15, 0.2) is 30.7 Å². The van der Waals surface area contributed by atoms with E-state index in [1.54, 1.807) is 29.2 Å². The molecule has 0 radical (unpaired) electrons. The molecule has 0 fully saturated rings. The highest BCUT2D eigenvalue weighted by Crippen LogP contribution is 2.00. The van der Waals surface area contributed by atoms with Gasteiger partial charge in [-0.3, -0.25) is 9.48 Å². The smallest absolute Gasteiger partial charge is 0.270 e. The Kier molecular flexibility index (Phi) is 4.47. The molecule has 0 aliphatic heterocycles. The number of carbonyl (C=O) groups excluding carboxylic acids is 1. The summed E-state index contributed by atoms with van der Waals surface area (Å²) in [5.41, 5.74) is 7.31. The minimum atomic E-state index is -0.229. The molecule has 0 spiro atoms. The lowest BCUT2D eigenvalue weighted by molar-refractivity contribution is 0.0946. The maximum Gasteiger partial charge on any atom is 0.270 e. The molecule has 0 saturated carbocycles. The molecular formula is C14H15N5O. The van der Waals surface area contributed by atoms with Gasteiger partial charge in [0.15, 0.2) is 0 Å². The fourth-order valence-corrected chi connectivity index (χ4v) is 1.59. The zero-order valence-electron chi connectivity index (χ0n) is 11.1. The van der Waals surface area contributed by atoms with E-state index < -0.39 is 0 Å². The van der Waals surface area contributed by atoms with Crippen molar-refractivity contribution in [3.8, 4) is 11.8 Å². The van der Waals surface area contributed by atoms with Crippen molar-refractivity contribution in [1.29, 1.82) is 0 Å². The lowest BCUT2D eigenvalue weighted by Gasteiger charge is -2.02. The number of nitrogens with one attached hydrogen (secondary N) is 1. The lowest BCUT2D eigenvalue weighted by Crippen LogP contribution is -2.23. The van der Waals surface area contributed by atoms with Crippen molar-refractivity contribution in [2.75, 3.05) is 6.54 Å². The summed E-state index contributed by atoms with van der Waals surface area (Å²) in [5.74, 6) is 5.35. The summed E-state index contributed by atoms with van der Waals surface area (Å²) in [6.45, 7) is 0.719. The van der Waals surface area contributed by atoms with Crippen molar-refractivity contribution >= 4 is 5.91 Å². The fourth-order valence-electron chi connectivity index (χ4n) is 1.59. The predicted molar refractivity (Wildman–Crippen MR) is 74.5 cm³/mol. The van der Waals surface area contributed by atoms with Gasteiger partial charge in [0, 0.05) is 37.1 Å². The molecule has 2 heterocycles. The molecule has 2 aromatic rings. The summed E-state index contributed by atoms with van der Waals surface area (Å²) in [5, 5.41) is 6.81. The number of nitrogens with zero attached hydrogens (tertiary/aromatic N) is 3. The molecule has 20 heavy (non-hydrogen) atoms. The van der Waals surface area contributed by atoms with Gasteiger partial charge < -0.3 is 11.1 Å². The van der Waals surface area contributed by atoms with Crippen LogP contribution >= 0.6 is 0 Å². The molecule has 0 bridgehead atoms. The molecule has 6 nitrogen and oxygen atoms in total. The molecule has 0 aliphatic carbocycles. The summed E-state index contributed by atoms with van der Waals surface area (Å²) in [6.07, 6.45) is 5.11. The quantitative estimate of drug-likeness (QED) is 0.771. The minimum Gasteiger partial charge on any atom is -0.347 e. The number of hydrogen-bond acceptors (Lipinski definition) is 4. The van der Waals surface area contributed by atoms with Crippen LogP contribution in [0, 0.1) is 11.8 Å². The summed E-state index contributed by atoms with van der Waals surface area (Å²) >= 11 is 0. The van der Waals surface area contributed by atoms with Crippen LogP contribution in [0.1, 0.15) is 21.6 Å². The van der Waals surface area contributed by atoms with Gasteiger partial charge in [-0.05, 0) is 12.1 Å². The Labute approximate surface area is 117 Å². The highest BCUT2D eigenvalue weighted by molar-refractivity contribution is 5.92. The van der Waals surface area contributed by atoms with Gasteiger partial charge in [0.1, 0.15) is 5.69 Å². The maximum absolute atomic E-state index is 11.9. The van der Waals surface area contributed by atoms with Gasteiger partial charge in [-0.25, -0.2) is 4.98 Å². The first-order valence-corrected chi connectivity index (χ1v) is 6.10. The maximum atomic E-state index is 11.9. The Morgan fingerprint density at radius 2 is 2.30 bits per heavy atom. The number of amides is 1. The van der Waals surface area contributed by atoms with Crippen LogP contribution < -0.4 is 11.1 Å². The molecular weight excluding hydrogens is 254 g/mol. The number of aryl methyl sites for hydroxylation is 1. The third-order valence-corrected chi connectivity index (χ3v) is 2.54. The normalized spacial score (nSPS) is 9.70. The van der Waals surface area contributed by atoms with Crippen molar-refractivity contribution in [1.82, 2.24) is 20.1 Å². The van der Waals surface area contributed by atoms with E-state index in [1.165, 1.54) is 0 Å². The van der Waals surface area contributed by atoms with Gasteiger partial charge >= 0.3 is 0 Å². The minimum absolute atomic E-state index is 0.229. The van der Waals surface area contributed by atoms with E-state index in [0.717, 1.165) is 11.1 Å². The van der Waals surface area contributed by atoms with Crippen LogP contribution in [0.2, 0.25) is 0 Å². The van der Waals surface area contributed by atoms with E-state index in [9.17, 15) is 4.79 Å². The summed E-state index contributed by atoms with van der Waals surface area (Å²) in [6, 6.07) is 3.38. The first kappa shape index (κ1) is 13.8. The Bertz CT molecular complexity index is 648. The molecule has 0 aromatic carbocycles. The SMILES string of the molecule is Cn1cc(CNC(=O)c2ccc(C#CCN)cn2)cn1. The van der Waals surface area contributed by atoms with Crippen LogP contribution in [0.4, 0.5) is 0 Å². The molecule has 0 saturated heterocycles. The van der Waals surface area contributed by atoms with Crippen LogP contribution in [0.3, 0.4) is 0 Å². The zero-order chi connectivity index (χ0) is 14.4. The number of pyridine rings is 1. The van der Waals surface area contributed by atoms with Gasteiger partial charge in [0.2, 0.25) is 0 Å². The number of carbonyl (C=O) groups is 1. The third-order valence-electron chi connectivity index (χ3n) is 2.54. The molecule has 1 amide bonds. The summed E-state index contributed by atoms with van der Waals surface area (Å²) < 4.78 is 1.69. The topological polar surface area (TPSA) is 85.8 Å². The first-order valence-electron chi connectivity index (χ1n) is 6.10. The van der Waals surface area contributed by atoms with Gasteiger partial charge in [-0.1, -0.05) is 11.8 Å². The lowest BCUT2D eigenvalue weighted by atomic mass is 10.2. The van der Waals surface area contributed by atoms with Crippen LogP contribution in [-0.4, -0.2) is 27.2 Å². The van der Waals surface area contributed by atoms with Crippen LogP contribution in [0.5, 0.6) is 0 Å². The first-order chi connectivity index (χ1) is 9.69. The van der Waals surface area contributed by atoms with Crippen molar-refractivity contribution < 1.29 is 4.79 Å². The van der Waals surface area contributed by atoms with Crippen molar-refractivity contribution in [2.45, 2.75) is 6.54 Å². The van der Waals surface area contributed by atoms with Gasteiger partial charge in [-0.15, -0.1) is 0 Å². The molecule has 0 unspecified atom stereocenters. The largest absolute Gasteiger partial charge is 0.347 e. The van der Waals surface area contributed by atoms with E-state index in [-0.39, 0.29) is 5.91 Å². The van der Waals surface area contributed by atoms with E-state index in [1.807, 2.05) is 13.2 Å². The van der Waals surface area contributed by atoms with Crippen LogP contribution in [-0.2, 0) is 13.6 Å². The fraction of sp³-hybridized carbons (Fsp3) is 0.214. The van der Waals surface area contributed by atoms with Crippen LogP contribution in [0.25, 0.3) is 0 Å². The molecule has 2 rings (SSSR count). The highest BCUT2D eigenvalue weighted by Gasteiger charge is 2.07. The Morgan fingerprint density at radius 3 is 2.90 bits per heavy atom. The van der Waals surface area contributed by atoms with Crippen molar-refractivity contribution in [3.05, 3.63) is 47.5 Å². The van der Waals surface area contributed by atoms with E-state index >= 15 is 0 Å². The second-order valence-electron chi connectivity index (χ2n) is 4.14. The van der Waals surface area contributed by atoms with Gasteiger partial charge in [0.05, 0.1) is 12.7 Å². The number of nitrogens with two attached hydrogens (primary N) is 1. The second kappa shape index (κ2) is 6.50. The van der Waals surface area contributed by atoms with Crippen molar-refractivity contribution in [3.63, 3.8) is 0 Å². The average Bonchev–Trinajstić information content (AvgIpc) is 2.89. The summed E-state index contributed by atoms with van der Waals surface area (Å²) in [7, 11) is 1.83. The molecule has 0 atom stereocenters. The molecule has 6 heteroatoms. The van der Waals surface area contributed by atoms with E-state index in [0.29, 0.717) is 18.8 Å². The van der Waals surface area contributed by atoms with E-state index in [2.05, 4.69) is 27.2 Å². The monoisotopic (exact) mass is 269 g/mol. The van der Waals surface area contributed by atoms with Gasteiger partial charge in [0.25, 0.3) is 5.91 Å². The molecule has 102 valence electrons. The Balaban J connectivity index is 1.95. The molecule has 0 aliphatic rings. The second-order valence-corrected chi connectivity index (χ2v) is 4.14. The zero-order valence-corrected chi connectivity index (χ0v) is 11.1. The number of aromatic nitrogens is 3. The highest BCUT2D eigenvalue weighted by atomic mass is 16.1. The Hall–Kier alpha value is -2.65. The standard InChI is InChI=1S/C14H15N5O/c1-19-10-12(9-18-19)8-17-14(20)13-5-4-11(7-16-13)3-2-6-15/h4-5,7,9-10H,6,8,15H2,1H3,(H,17,20).